The average molecular weight is 418 g/mol. The normalized spacial score (nSPS) is 14.5. The summed E-state index contributed by atoms with van der Waals surface area (Å²) in [6.45, 7) is 2.42. The molecule has 28 heavy (non-hydrogen) atoms. The van der Waals surface area contributed by atoms with E-state index in [-0.39, 0.29) is 12.1 Å². The standard InChI is InChI=1S/C14H23N6O7P/c1-8(6-21)18-14(24)11(19-12(22)4-16-13(23)9(2)15)3-10-5-20(7-17-10)28(25,26)27/h5-9,11H,3-4,15H2,1-2H3,(H,16,23)(H,18,24)(H,19,22)(H2,25,26,27)/t8-,9-,11-/m0/s1. The number of nitrogens with two attached hydrogens (primary N) is 1. The fraction of sp³-hybridized carbons (Fsp3) is 0.500. The van der Waals surface area contributed by atoms with E-state index in [2.05, 4.69) is 20.9 Å². The number of hydrogen-bond donors (Lipinski definition) is 6. The van der Waals surface area contributed by atoms with E-state index in [4.69, 9.17) is 15.5 Å². The monoisotopic (exact) mass is 418 g/mol. The molecule has 156 valence electrons. The lowest BCUT2D eigenvalue weighted by Gasteiger charge is -2.19. The maximum atomic E-state index is 12.3. The van der Waals surface area contributed by atoms with Crippen LogP contribution in [0.4, 0.5) is 0 Å². The molecule has 0 bridgehead atoms. The van der Waals surface area contributed by atoms with Crippen molar-refractivity contribution in [3.05, 3.63) is 18.2 Å². The van der Waals surface area contributed by atoms with Crippen molar-refractivity contribution >= 4 is 31.8 Å². The van der Waals surface area contributed by atoms with Gasteiger partial charge in [0.15, 0.2) is 0 Å². The van der Waals surface area contributed by atoms with Crippen LogP contribution < -0.4 is 21.7 Å². The smallest absolute Gasteiger partial charge is 0.346 e. The van der Waals surface area contributed by atoms with Crippen LogP contribution in [-0.2, 0) is 30.2 Å². The highest BCUT2D eigenvalue weighted by Crippen LogP contribution is 2.36. The molecule has 3 atom stereocenters. The number of nitrogens with one attached hydrogen (secondary N) is 3. The summed E-state index contributed by atoms with van der Waals surface area (Å²) in [6.07, 6.45) is 2.21. The molecule has 0 aliphatic heterocycles. The van der Waals surface area contributed by atoms with Crippen molar-refractivity contribution in [1.29, 1.82) is 0 Å². The fourth-order valence-corrected chi connectivity index (χ4v) is 2.42. The molecule has 0 saturated heterocycles. The second-order valence-corrected chi connectivity index (χ2v) is 7.51. The minimum atomic E-state index is -4.59. The first kappa shape index (κ1) is 23.4. The number of hydrogen-bond acceptors (Lipinski definition) is 7. The molecule has 1 aromatic rings. The molecule has 0 aliphatic rings. The Balaban J connectivity index is 2.87. The van der Waals surface area contributed by atoms with Crippen LogP contribution in [0.1, 0.15) is 19.5 Å². The van der Waals surface area contributed by atoms with Crippen molar-refractivity contribution in [2.45, 2.75) is 38.4 Å². The summed E-state index contributed by atoms with van der Waals surface area (Å²) in [7, 11) is -4.59. The molecule has 0 radical (unpaired) electrons. The first-order chi connectivity index (χ1) is 12.9. The molecule has 1 aromatic heterocycles. The van der Waals surface area contributed by atoms with Crippen LogP contribution in [0.5, 0.6) is 0 Å². The molecule has 0 aromatic carbocycles. The van der Waals surface area contributed by atoms with Gasteiger partial charge in [-0.05, 0) is 13.8 Å². The first-order valence-corrected chi connectivity index (χ1v) is 9.68. The molecule has 1 heterocycles. The summed E-state index contributed by atoms with van der Waals surface area (Å²) in [5.74, 6) is -1.98. The molecule has 0 fully saturated rings. The zero-order valence-corrected chi connectivity index (χ0v) is 16.1. The van der Waals surface area contributed by atoms with Gasteiger partial charge >= 0.3 is 7.75 Å². The Hall–Kier alpha value is -2.60. The van der Waals surface area contributed by atoms with Gasteiger partial charge in [0.1, 0.15) is 18.7 Å². The number of amides is 3. The van der Waals surface area contributed by atoms with E-state index >= 15 is 0 Å². The largest absolute Gasteiger partial charge is 0.434 e. The van der Waals surface area contributed by atoms with Gasteiger partial charge in [-0.3, -0.25) is 14.4 Å². The van der Waals surface area contributed by atoms with Crippen LogP contribution in [0.3, 0.4) is 0 Å². The summed E-state index contributed by atoms with van der Waals surface area (Å²) in [6, 6.07) is -2.85. The van der Waals surface area contributed by atoms with E-state index in [0.717, 1.165) is 12.5 Å². The Morgan fingerprint density at radius 1 is 1.29 bits per heavy atom. The average Bonchev–Trinajstić information content (AvgIpc) is 3.07. The van der Waals surface area contributed by atoms with Crippen molar-refractivity contribution in [2.24, 2.45) is 5.73 Å². The predicted molar refractivity (Wildman–Crippen MR) is 95.6 cm³/mol. The van der Waals surface area contributed by atoms with E-state index in [1.807, 2.05) is 0 Å². The minimum Gasteiger partial charge on any atom is -0.346 e. The van der Waals surface area contributed by atoms with Gasteiger partial charge in [-0.1, -0.05) is 0 Å². The molecular formula is C14H23N6O7P. The lowest BCUT2D eigenvalue weighted by molar-refractivity contribution is -0.130. The maximum absolute atomic E-state index is 12.3. The molecular weight excluding hydrogens is 395 g/mol. The van der Waals surface area contributed by atoms with Gasteiger partial charge in [0, 0.05) is 12.6 Å². The molecule has 0 saturated carbocycles. The summed E-state index contributed by atoms with van der Waals surface area (Å²) in [5, 5.41) is 7.01. The van der Waals surface area contributed by atoms with Crippen LogP contribution in [0.15, 0.2) is 12.5 Å². The highest BCUT2D eigenvalue weighted by Gasteiger charge is 2.25. The van der Waals surface area contributed by atoms with Gasteiger partial charge in [0.05, 0.1) is 24.3 Å². The molecule has 1 rings (SSSR count). The zero-order valence-electron chi connectivity index (χ0n) is 15.2. The topological polar surface area (TPSA) is 206 Å². The predicted octanol–water partition coefficient (Wildman–Crippen LogP) is -2.98. The Labute approximate surface area is 160 Å². The second-order valence-electron chi connectivity index (χ2n) is 6.02. The van der Waals surface area contributed by atoms with Crippen molar-refractivity contribution < 1.29 is 33.5 Å². The number of aldehydes is 1. The Bertz CT molecular complexity index is 774. The van der Waals surface area contributed by atoms with Crippen molar-refractivity contribution in [3.63, 3.8) is 0 Å². The quantitative estimate of drug-likeness (QED) is 0.169. The maximum Gasteiger partial charge on any atom is 0.434 e. The van der Waals surface area contributed by atoms with Crippen molar-refractivity contribution in [1.82, 2.24) is 25.3 Å². The third-order valence-corrected chi connectivity index (χ3v) is 4.22. The SMILES string of the molecule is C[C@H](N)C(=O)NCC(=O)N[C@@H](Cc1cn(P(=O)(O)O)cn1)C(=O)N[C@@H](C)C=O. The number of imidazole rings is 1. The van der Waals surface area contributed by atoms with Gasteiger partial charge in [0.2, 0.25) is 17.7 Å². The van der Waals surface area contributed by atoms with Crippen LogP contribution in [0.25, 0.3) is 0 Å². The Kier molecular flexibility index (Phi) is 8.44. The summed E-state index contributed by atoms with van der Waals surface area (Å²) in [4.78, 5) is 68.5. The zero-order chi connectivity index (χ0) is 21.5. The summed E-state index contributed by atoms with van der Waals surface area (Å²) >= 11 is 0. The highest BCUT2D eigenvalue weighted by atomic mass is 31.2. The number of carbonyl (C=O) groups is 4. The van der Waals surface area contributed by atoms with E-state index in [0.29, 0.717) is 10.6 Å². The molecule has 0 spiro atoms. The van der Waals surface area contributed by atoms with Gasteiger partial charge in [0.25, 0.3) is 0 Å². The van der Waals surface area contributed by atoms with Gasteiger partial charge in [-0.15, -0.1) is 0 Å². The van der Waals surface area contributed by atoms with Gasteiger partial charge in [-0.2, -0.15) is 0 Å². The molecule has 14 heteroatoms. The Morgan fingerprint density at radius 2 is 1.93 bits per heavy atom. The molecule has 13 nitrogen and oxygen atoms in total. The van der Waals surface area contributed by atoms with E-state index < -0.39 is 50.1 Å². The van der Waals surface area contributed by atoms with Gasteiger partial charge < -0.3 is 36.3 Å². The fourth-order valence-electron chi connectivity index (χ4n) is 1.95. The lowest BCUT2D eigenvalue weighted by atomic mass is 10.1. The molecule has 7 N–H and O–H groups in total. The second kappa shape index (κ2) is 10.1. The van der Waals surface area contributed by atoms with Crippen molar-refractivity contribution in [3.8, 4) is 0 Å². The van der Waals surface area contributed by atoms with Crippen molar-refractivity contribution in [2.75, 3.05) is 6.54 Å². The lowest BCUT2D eigenvalue weighted by Crippen LogP contribution is -2.53. The van der Waals surface area contributed by atoms with Crippen LogP contribution in [-0.4, -0.2) is 67.8 Å². The number of carbonyl (C=O) groups excluding carboxylic acids is 4. The number of nitrogens with zero attached hydrogens (tertiary/aromatic N) is 2. The van der Waals surface area contributed by atoms with Gasteiger partial charge in [-0.25, -0.2) is 13.9 Å². The third-order valence-electron chi connectivity index (χ3n) is 3.40. The molecule has 0 unspecified atom stereocenters. The Morgan fingerprint density at radius 3 is 2.43 bits per heavy atom. The third kappa shape index (κ3) is 7.56. The van der Waals surface area contributed by atoms with E-state index in [1.165, 1.54) is 13.8 Å². The molecule has 0 aliphatic carbocycles. The van der Waals surface area contributed by atoms with E-state index in [9.17, 15) is 23.7 Å². The molecule has 3 amide bonds. The first-order valence-electron chi connectivity index (χ1n) is 8.11. The highest BCUT2D eigenvalue weighted by molar-refractivity contribution is 7.50. The van der Waals surface area contributed by atoms with E-state index in [1.54, 1.807) is 0 Å². The minimum absolute atomic E-state index is 0.113. The summed E-state index contributed by atoms with van der Waals surface area (Å²) in [5.41, 5.74) is 5.48. The number of aromatic nitrogens is 2. The van der Waals surface area contributed by atoms with Crippen LogP contribution in [0.2, 0.25) is 0 Å². The summed E-state index contributed by atoms with van der Waals surface area (Å²) < 4.78 is 11.8. The number of rotatable bonds is 10. The van der Waals surface area contributed by atoms with Crippen LogP contribution in [0, 0.1) is 0 Å². The van der Waals surface area contributed by atoms with Crippen LogP contribution >= 0.6 is 7.75 Å².